The highest BCUT2D eigenvalue weighted by atomic mass is 35.5. The van der Waals surface area contributed by atoms with E-state index in [0.29, 0.717) is 28.6 Å². The maximum atomic E-state index is 11.9. The molecule has 2 aromatic rings. The van der Waals surface area contributed by atoms with Crippen LogP contribution in [0.3, 0.4) is 0 Å². The Hall–Kier alpha value is -1.87. The fraction of sp³-hybridized carbons (Fsp3) is 0.250. The van der Waals surface area contributed by atoms with Crippen molar-refractivity contribution in [3.05, 3.63) is 51.9 Å². The van der Waals surface area contributed by atoms with E-state index in [1.165, 1.54) is 11.3 Å². The Morgan fingerprint density at radius 1 is 1.45 bits per heavy atom. The minimum Gasteiger partial charge on any atom is -0.317 e. The van der Waals surface area contributed by atoms with Crippen molar-refractivity contribution in [3.63, 3.8) is 0 Å². The van der Waals surface area contributed by atoms with Crippen LogP contribution in [0.15, 0.2) is 35.7 Å². The number of benzene rings is 1. The van der Waals surface area contributed by atoms with E-state index in [0.717, 1.165) is 12.1 Å². The number of carbonyl (C=O) groups excluding carboxylic acids is 1. The smallest absolute Gasteiger partial charge is 0.226 e. The molecule has 22 heavy (non-hydrogen) atoms. The van der Waals surface area contributed by atoms with E-state index in [-0.39, 0.29) is 5.91 Å². The van der Waals surface area contributed by atoms with Crippen molar-refractivity contribution < 1.29 is 4.79 Å². The highest BCUT2D eigenvalue weighted by molar-refractivity contribution is 7.14. The number of hydrogen-bond donors (Lipinski definition) is 1. The molecular formula is C16H16ClN3OS. The molecule has 0 aliphatic rings. The maximum Gasteiger partial charge on any atom is 0.226 e. The van der Waals surface area contributed by atoms with Gasteiger partial charge in [-0.15, -0.1) is 11.3 Å². The summed E-state index contributed by atoms with van der Waals surface area (Å²) in [7, 11) is 1.96. The summed E-state index contributed by atoms with van der Waals surface area (Å²) in [6.07, 6.45) is 0.375. The monoisotopic (exact) mass is 333 g/mol. The van der Waals surface area contributed by atoms with Gasteiger partial charge in [0.05, 0.1) is 5.56 Å². The summed E-state index contributed by atoms with van der Waals surface area (Å²) < 4.78 is 0. The summed E-state index contributed by atoms with van der Waals surface area (Å²) in [6.45, 7) is 1.36. The van der Waals surface area contributed by atoms with Gasteiger partial charge in [0.1, 0.15) is 11.1 Å². The summed E-state index contributed by atoms with van der Waals surface area (Å²) in [6, 6.07) is 11.4. The van der Waals surface area contributed by atoms with Gasteiger partial charge < -0.3 is 10.2 Å². The second kappa shape index (κ2) is 7.95. The summed E-state index contributed by atoms with van der Waals surface area (Å²) in [5.41, 5.74) is 1.62. The normalized spacial score (nSPS) is 10.5. The largest absolute Gasteiger partial charge is 0.317 e. The molecule has 1 amide bonds. The van der Waals surface area contributed by atoms with Crippen LogP contribution in [0.5, 0.6) is 0 Å². The molecule has 0 bridgehead atoms. The van der Waals surface area contributed by atoms with Crippen LogP contribution in [0, 0.1) is 11.3 Å². The van der Waals surface area contributed by atoms with E-state index < -0.39 is 0 Å². The van der Waals surface area contributed by atoms with E-state index in [9.17, 15) is 4.79 Å². The lowest BCUT2D eigenvalue weighted by Gasteiger charge is -2.16. The van der Waals surface area contributed by atoms with Gasteiger partial charge in [0.2, 0.25) is 5.91 Å². The number of nitrogens with one attached hydrogen (secondary N) is 1. The second-order valence-electron chi connectivity index (χ2n) is 4.94. The van der Waals surface area contributed by atoms with E-state index in [2.05, 4.69) is 16.3 Å². The Labute approximate surface area is 138 Å². The Kier molecular flexibility index (Phi) is 5.96. The van der Waals surface area contributed by atoms with Gasteiger partial charge in [-0.2, -0.15) is 5.26 Å². The summed E-state index contributed by atoms with van der Waals surface area (Å²) in [5.74, 6) is -0.0862. The molecule has 1 aromatic heterocycles. The molecule has 0 spiro atoms. The van der Waals surface area contributed by atoms with Gasteiger partial charge in [-0.25, -0.2) is 0 Å². The molecule has 0 atom stereocenters. The van der Waals surface area contributed by atoms with Gasteiger partial charge in [0, 0.05) is 24.5 Å². The van der Waals surface area contributed by atoms with Gasteiger partial charge in [0.25, 0.3) is 0 Å². The third-order valence-electron chi connectivity index (χ3n) is 3.10. The van der Waals surface area contributed by atoms with Gasteiger partial charge in [-0.3, -0.25) is 4.79 Å². The number of thiophene rings is 1. The molecule has 4 nitrogen and oxygen atoms in total. The van der Waals surface area contributed by atoms with Crippen LogP contribution in [0.1, 0.15) is 17.5 Å². The van der Waals surface area contributed by atoms with Crippen LogP contribution >= 0.6 is 22.9 Å². The standard InChI is InChI=1S/C16H16ClN3OS/c1-20(11-12-3-2-4-14(17)9-12)7-5-15(21)19-16-13(10-18)6-8-22-16/h2-4,6,8-9H,5,7,11H2,1H3,(H,19,21). The van der Waals surface area contributed by atoms with E-state index in [1.54, 1.807) is 11.4 Å². The highest BCUT2D eigenvalue weighted by Gasteiger charge is 2.09. The van der Waals surface area contributed by atoms with Crippen molar-refractivity contribution in [2.24, 2.45) is 0 Å². The van der Waals surface area contributed by atoms with Gasteiger partial charge in [-0.1, -0.05) is 23.7 Å². The highest BCUT2D eigenvalue weighted by Crippen LogP contribution is 2.22. The lowest BCUT2D eigenvalue weighted by Crippen LogP contribution is -2.24. The first-order valence-corrected chi connectivity index (χ1v) is 8.04. The van der Waals surface area contributed by atoms with Crippen molar-refractivity contribution in [3.8, 4) is 6.07 Å². The molecule has 1 N–H and O–H groups in total. The molecule has 1 aromatic carbocycles. The first kappa shape index (κ1) is 16.5. The zero-order chi connectivity index (χ0) is 15.9. The topological polar surface area (TPSA) is 56.1 Å². The molecule has 0 fully saturated rings. The minimum absolute atomic E-state index is 0.0862. The molecule has 0 aliphatic carbocycles. The van der Waals surface area contributed by atoms with Crippen LogP contribution in [0.2, 0.25) is 5.02 Å². The number of hydrogen-bond acceptors (Lipinski definition) is 4. The third kappa shape index (κ3) is 4.85. The lowest BCUT2D eigenvalue weighted by atomic mass is 10.2. The number of nitriles is 1. The number of nitrogens with zero attached hydrogens (tertiary/aromatic N) is 2. The van der Waals surface area contributed by atoms with E-state index >= 15 is 0 Å². The molecule has 0 saturated carbocycles. The molecule has 0 saturated heterocycles. The fourth-order valence-electron chi connectivity index (χ4n) is 2.00. The average molecular weight is 334 g/mol. The molecule has 114 valence electrons. The molecule has 1 heterocycles. The molecule has 0 radical (unpaired) electrons. The zero-order valence-corrected chi connectivity index (χ0v) is 13.7. The first-order valence-electron chi connectivity index (χ1n) is 6.79. The quantitative estimate of drug-likeness (QED) is 0.876. The fourth-order valence-corrected chi connectivity index (χ4v) is 2.97. The van der Waals surface area contributed by atoms with Crippen molar-refractivity contribution in [2.75, 3.05) is 18.9 Å². The second-order valence-corrected chi connectivity index (χ2v) is 6.29. The number of halogens is 1. The molecule has 0 unspecified atom stereocenters. The van der Waals surface area contributed by atoms with Crippen molar-refractivity contribution in [2.45, 2.75) is 13.0 Å². The van der Waals surface area contributed by atoms with Crippen molar-refractivity contribution >= 4 is 33.8 Å². The summed E-state index contributed by atoms with van der Waals surface area (Å²) >= 11 is 7.31. The van der Waals surface area contributed by atoms with E-state index in [1.807, 2.05) is 31.3 Å². The van der Waals surface area contributed by atoms with Gasteiger partial charge in [0.15, 0.2) is 0 Å². The predicted molar refractivity (Wildman–Crippen MR) is 90.1 cm³/mol. The molecular weight excluding hydrogens is 318 g/mol. The SMILES string of the molecule is CN(CCC(=O)Nc1sccc1C#N)Cc1cccc(Cl)c1. The number of amides is 1. The molecule has 0 aliphatic heterocycles. The van der Waals surface area contributed by atoms with Crippen molar-refractivity contribution in [1.29, 1.82) is 5.26 Å². The number of carbonyl (C=O) groups is 1. The van der Waals surface area contributed by atoms with E-state index in [4.69, 9.17) is 16.9 Å². The van der Waals surface area contributed by atoms with Gasteiger partial charge in [-0.05, 0) is 36.2 Å². The Balaban J connectivity index is 1.80. The Morgan fingerprint density at radius 2 is 2.27 bits per heavy atom. The van der Waals surface area contributed by atoms with Gasteiger partial charge >= 0.3 is 0 Å². The molecule has 6 heteroatoms. The average Bonchev–Trinajstić information content (AvgIpc) is 2.92. The summed E-state index contributed by atoms with van der Waals surface area (Å²) in [5, 5.41) is 14.8. The van der Waals surface area contributed by atoms with Crippen LogP contribution in [0.4, 0.5) is 5.00 Å². The zero-order valence-electron chi connectivity index (χ0n) is 12.2. The van der Waals surface area contributed by atoms with Crippen LogP contribution < -0.4 is 5.32 Å². The molecule has 2 rings (SSSR count). The predicted octanol–water partition coefficient (Wildman–Crippen LogP) is 3.73. The maximum absolute atomic E-state index is 11.9. The Bertz CT molecular complexity index is 693. The lowest BCUT2D eigenvalue weighted by molar-refractivity contribution is -0.116. The Morgan fingerprint density at radius 3 is 3.00 bits per heavy atom. The van der Waals surface area contributed by atoms with Crippen LogP contribution in [-0.2, 0) is 11.3 Å². The number of anilines is 1. The minimum atomic E-state index is -0.0862. The number of rotatable bonds is 6. The van der Waals surface area contributed by atoms with Crippen LogP contribution in [-0.4, -0.2) is 24.4 Å². The summed E-state index contributed by atoms with van der Waals surface area (Å²) in [4.78, 5) is 14.0. The third-order valence-corrected chi connectivity index (χ3v) is 4.17. The first-order chi connectivity index (χ1) is 10.6. The van der Waals surface area contributed by atoms with Crippen molar-refractivity contribution in [1.82, 2.24) is 4.90 Å². The van der Waals surface area contributed by atoms with Crippen LogP contribution in [0.25, 0.3) is 0 Å².